The lowest BCUT2D eigenvalue weighted by atomic mass is 10.2. The smallest absolute Gasteiger partial charge is 0.264 e. The maximum Gasteiger partial charge on any atom is 0.264 e. The van der Waals surface area contributed by atoms with Gasteiger partial charge in [-0.15, -0.1) is 0 Å². The van der Waals surface area contributed by atoms with Gasteiger partial charge in [-0.3, -0.25) is 14.2 Å². The molecule has 11 heteroatoms. The molecule has 0 aliphatic heterocycles. The van der Waals surface area contributed by atoms with Gasteiger partial charge < -0.3 is 5.32 Å². The molecule has 4 rings (SSSR count). The van der Waals surface area contributed by atoms with Crippen molar-refractivity contribution in [2.24, 2.45) is 0 Å². The van der Waals surface area contributed by atoms with Crippen LogP contribution in [-0.2, 0) is 27.7 Å². The van der Waals surface area contributed by atoms with E-state index in [2.05, 4.69) is 15.4 Å². The quantitative estimate of drug-likeness (QED) is 0.388. The Balaban J connectivity index is 1.35. The van der Waals surface area contributed by atoms with E-state index in [0.717, 1.165) is 0 Å². The molecule has 0 bridgehead atoms. The number of halogens is 1. The second-order valence-corrected chi connectivity index (χ2v) is 9.72. The lowest BCUT2D eigenvalue weighted by molar-refractivity contribution is -0.120. The molecule has 0 spiro atoms. The van der Waals surface area contributed by atoms with Gasteiger partial charge in [-0.2, -0.15) is 5.10 Å². The molecule has 0 atom stereocenters. The number of carbonyl (C=O) groups excluding carboxylic acids is 1. The lowest BCUT2D eigenvalue weighted by Crippen LogP contribution is -2.29. The van der Waals surface area contributed by atoms with Crippen molar-refractivity contribution in [2.45, 2.75) is 24.4 Å². The highest BCUT2D eigenvalue weighted by molar-refractivity contribution is 7.91. The first-order valence-electron chi connectivity index (χ1n) is 10.5. The summed E-state index contributed by atoms with van der Waals surface area (Å²) in [5.41, 5.74) is 0.362. The molecular weight excluding hydrogens is 461 g/mol. The third-order valence-electron chi connectivity index (χ3n) is 5.27. The highest BCUT2D eigenvalue weighted by atomic mass is 32.2. The Hall–Kier alpha value is -3.86. The third-order valence-corrected chi connectivity index (χ3v) is 7.00. The predicted molar refractivity (Wildman–Crippen MR) is 123 cm³/mol. The number of amides is 1. The Bertz CT molecular complexity index is 1480. The zero-order chi connectivity index (χ0) is 24.1. The molecule has 2 heterocycles. The maximum atomic E-state index is 13.9. The summed E-state index contributed by atoms with van der Waals surface area (Å²) in [6.45, 7) is 0.465. The minimum Gasteiger partial charge on any atom is -0.354 e. The van der Waals surface area contributed by atoms with E-state index in [1.807, 2.05) is 0 Å². The molecule has 0 saturated carbocycles. The van der Waals surface area contributed by atoms with Gasteiger partial charge in [0.05, 0.1) is 29.9 Å². The third kappa shape index (κ3) is 5.20. The topological polar surface area (TPSA) is 116 Å². The van der Waals surface area contributed by atoms with Crippen LogP contribution in [0.1, 0.15) is 12.0 Å². The average Bonchev–Trinajstić information content (AvgIpc) is 3.25. The van der Waals surface area contributed by atoms with Gasteiger partial charge in [0.2, 0.25) is 5.91 Å². The molecule has 0 fully saturated rings. The van der Waals surface area contributed by atoms with Crippen LogP contribution in [0.2, 0.25) is 0 Å². The summed E-state index contributed by atoms with van der Waals surface area (Å²) in [4.78, 5) is 29.3. The van der Waals surface area contributed by atoms with E-state index in [0.29, 0.717) is 11.2 Å². The van der Waals surface area contributed by atoms with Crippen molar-refractivity contribution in [3.63, 3.8) is 0 Å². The van der Waals surface area contributed by atoms with Crippen molar-refractivity contribution < 1.29 is 17.6 Å². The van der Waals surface area contributed by atoms with Crippen LogP contribution in [0, 0.1) is 5.82 Å². The largest absolute Gasteiger partial charge is 0.354 e. The van der Waals surface area contributed by atoms with E-state index in [9.17, 15) is 22.4 Å². The Labute approximate surface area is 194 Å². The van der Waals surface area contributed by atoms with Gasteiger partial charge in [-0.1, -0.05) is 36.4 Å². The Kier molecular flexibility index (Phi) is 6.82. The zero-order valence-corrected chi connectivity index (χ0v) is 18.9. The summed E-state index contributed by atoms with van der Waals surface area (Å²) in [7, 11) is -3.54. The minimum atomic E-state index is -3.54. The number of rotatable bonds is 9. The number of nitrogens with one attached hydrogen (secondary N) is 1. The van der Waals surface area contributed by atoms with E-state index in [4.69, 9.17) is 0 Å². The number of sulfone groups is 1. The highest BCUT2D eigenvalue weighted by Gasteiger charge is 2.16. The number of fused-ring (bicyclic) bond motifs is 1. The maximum absolute atomic E-state index is 13.9. The molecule has 0 aliphatic carbocycles. The molecule has 0 aliphatic rings. The summed E-state index contributed by atoms with van der Waals surface area (Å²) in [6.07, 6.45) is 2.55. The van der Waals surface area contributed by atoms with E-state index in [1.54, 1.807) is 36.4 Å². The van der Waals surface area contributed by atoms with Gasteiger partial charge in [-0.25, -0.2) is 22.5 Å². The van der Waals surface area contributed by atoms with Crippen LogP contribution in [-0.4, -0.2) is 46.0 Å². The molecule has 4 aromatic rings. The molecule has 2 aromatic carbocycles. The monoisotopic (exact) mass is 483 g/mol. The molecule has 0 saturated heterocycles. The van der Waals surface area contributed by atoms with Crippen molar-refractivity contribution in [1.29, 1.82) is 0 Å². The van der Waals surface area contributed by atoms with Gasteiger partial charge in [0.25, 0.3) is 5.56 Å². The number of aromatic nitrogens is 4. The van der Waals surface area contributed by atoms with Crippen molar-refractivity contribution in [3.8, 4) is 0 Å². The fourth-order valence-corrected chi connectivity index (χ4v) is 4.71. The first-order valence-corrected chi connectivity index (χ1v) is 12.2. The summed E-state index contributed by atoms with van der Waals surface area (Å²) in [6, 6.07) is 14.2. The summed E-state index contributed by atoms with van der Waals surface area (Å²) in [5.74, 6) is -1.11. The molecule has 176 valence electrons. The molecule has 1 amide bonds. The number of hydrogen-bond acceptors (Lipinski definition) is 6. The van der Waals surface area contributed by atoms with Crippen LogP contribution in [0.15, 0.2) is 76.8 Å². The van der Waals surface area contributed by atoms with Gasteiger partial charge in [0.15, 0.2) is 15.5 Å². The fourth-order valence-electron chi connectivity index (χ4n) is 3.45. The highest BCUT2D eigenvalue weighted by Crippen LogP contribution is 2.12. The summed E-state index contributed by atoms with van der Waals surface area (Å²) >= 11 is 0. The molecule has 0 radical (unpaired) electrons. The van der Waals surface area contributed by atoms with Gasteiger partial charge in [-0.05, 0) is 18.2 Å². The van der Waals surface area contributed by atoms with Gasteiger partial charge in [0, 0.05) is 18.5 Å². The summed E-state index contributed by atoms with van der Waals surface area (Å²) < 4.78 is 41.3. The van der Waals surface area contributed by atoms with E-state index in [-0.39, 0.29) is 47.6 Å². The zero-order valence-electron chi connectivity index (χ0n) is 18.1. The van der Waals surface area contributed by atoms with Crippen LogP contribution >= 0.6 is 0 Å². The van der Waals surface area contributed by atoms with Crippen molar-refractivity contribution in [3.05, 3.63) is 88.9 Å². The summed E-state index contributed by atoms with van der Waals surface area (Å²) in [5, 5.41) is 7.10. The Morgan fingerprint density at radius 1 is 1.06 bits per heavy atom. The minimum absolute atomic E-state index is 0.0432. The average molecular weight is 484 g/mol. The standard InChI is InChI=1S/C23H22FN5O4S/c24-20-9-5-4-6-17(20)15-28-16-26-22-19(23(28)31)14-27-29(22)12-11-25-21(30)10-13-34(32,33)18-7-2-1-3-8-18/h1-9,14,16H,10-13,15H2,(H,25,30). The van der Waals surface area contributed by atoms with Crippen molar-refractivity contribution >= 4 is 26.8 Å². The molecule has 0 unspecified atom stereocenters. The van der Waals surface area contributed by atoms with Crippen molar-refractivity contribution in [1.82, 2.24) is 24.6 Å². The number of benzene rings is 2. The van der Waals surface area contributed by atoms with Crippen LogP contribution in [0.4, 0.5) is 4.39 Å². The number of carbonyl (C=O) groups is 1. The molecular formula is C23H22FN5O4S. The number of nitrogens with zero attached hydrogens (tertiary/aromatic N) is 4. The first kappa shape index (κ1) is 23.3. The first-order chi connectivity index (χ1) is 16.3. The number of hydrogen-bond donors (Lipinski definition) is 1. The van der Waals surface area contributed by atoms with Crippen LogP contribution in [0.3, 0.4) is 0 Å². The van der Waals surface area contributed by atoms with E-state index >= 15 is 0 Å². The van der Waals surface area contributed by atoms with E-state index in [1.165, 1.54) is 40.0 Å². The molecule has 9 nitrogen and oxygen atoms in total. The SMILES string of the molecule is O=C(CCS(=O)(=O)c1ccccc1)NCCn1ncc2c(=O)n(Cc3ccccc3F)cnc21. The van der Waals surface area contributed by atoms with Gasteiger partial charge in [0.1, 0.15) is 17.5 Å². The molecule has 1 N–H and O–H groups in total. The molecule has 34 heavy (non-hydrogen) atoms. The van der Waals surface area contributed by atoms with Crippen LogP contribution in [0.5, 0.6) is 0 Å². The Morgan fingerprint density at radius 3 is 2.56 bits per heavy atom. The second kappa shape index (κ2) is 9.96. The van der Waals surface area contributed by atoms with E-state index < -0.39 is 21.6 Å². The predicted octanol–water partition coefficient (Wildman–Crippen LogP) is 1.76. The molecule has 2 aromatic heterocycles. The Morgan fingerprint density at radius 2 is 1.79 bits per heavy atom. The lowest BCUT2D eigenvalue weighted by Gasteiger charge is -2.08. The van der Waals surface area contributed by atoms with Gasteiger partial charge >= 0.3 is 0 Å². The van der Waals surface area contributed by atoms with Crippen LogP contribution in [0.25, 0.3) is 11.0 Å². The normalized spacial score (nSPS) is 11.6. The van der Waals surface area contributed by atoms with Crippen molar-refractivity contribution in [2.75, 3.05) is 12.3 Å². The van der Waals surface area contributed by atoms with Crippen LogP contribution < -0.4 is 10.9 Å². The fraction of sp³-hybridized carbons (Fsp3) is 0.217. The second-order valence-electron chi connectivity index (χ2n) is 7.61.